The molecular weight excluding hydrogens is 480 g/mol. The van der Waals surface area contributed by atoms with Crippen LogP contribution in [0.4, 0.5) is 5.69 Å². The SMILES string of the molecule is CCC(NC(=O)CN(c1cccc(OC)c1)S(=O)(=O)c1ccc(C)cc1)c1ccc(OC)c(OC)c1. The van der Waals surface area contributed by atoms with Gasteiger partial charge >= 0.3 is 0 Å². The van der Waals surface area contributed by atoms with Gasteiger partial charge in [0, 0.05) is 6.07 Å². The first kappa shape index (κ1) is 26.9. The number of hydrogen-bond acceptors (Lipinski definition) is 6. The van der Waals surface area contributed by atoms with Gasteiger partial charge in [0.15, 0.2) is 11.5 Å². The zero-order chi connectivity index (χ0) is 26.3. The normalized spacial score (nSPS) is 11.9. The van der Waals surface area contributed by atoms with E-state index in [-0.39, 0.29) is 10.9 Å². The minimum absolute atomic E-state index is 0.0932. The maximum atomic E-state index is 13.6. The summed E-state index contributed by atoms with van der Waals surface area (Å²) in [6, 6.07) is 18.2. The van der Waals surface area contributed by atoms with Gasteiger partial charge in [-0.3, -0.25) is 9.10 Å². The van der Waals surface area contributed by atoms with Gasteiger partial charge in [0.2, 0.25) is 5.91 Å². The summed E-state index contributed by atoms with van der Waals surface area (Å²) >= 11 is 0. The summed E-state index contributed by atoms with van der Waals surface area (Å²) in [6.45, 7) is 3.40. The average Bonchev–Trinajstić information content (AvgIpc) is 2.90. The minimum Gasteiger partial charge on any atom is -0.497 e. The predicted molar refractivity (Wildman–Crippen MR) is 139 cm³/mol. The molecule has 0 saturated carbocycles. The van der Waals surface area contributed by atoms with Gasteiger partial charge in [0.25, 0.3) is 10.0 Å². The quantitative estimate of drug-likeness (QED) is 0.407. The maximum absolute atomic E-state index is 13.6. The Morgan fingerprint density at radius 3 is 2.22 bits per heavy atom. The molecule has 0 fully saturated rings. The van der Waals surface area contributed by atoms with Crippen LogP contribution < -0.4 is 23.8 Å². The highest BCUT2D eigenvalue weighted by Crippen LogP contribution is 2.31. The zero-order valence-electron chi connectivity index (χ0n) is 21.1. The van der Waals surface area contributed by atoms with Crippen LogP contribution in [-0.2, 0) is 14.8 Å². The lowest BCUT2D eigenvalue weighted by molar-refractivity contribution is -0.120. The van der Waals surface area contributed by atoms with Crippen LogP contribution in [0.25, 0.3) is 0 Å². The molecule has 1 N–H and O–H groups in total. The molecule has 0 aliphatic heterocycles. The van der Waals surface area contributed by atoms with Gasteiger partial charge in [0.05, 0.1) is 38.0 Å². The van der Waals surface area contributed by atoms with E-state index in [2.05, 4.69) is 5.32 Å². The molecule has 0 radical (unpaired) electrons. The molecule has 0 spiro atoms. The minimum atomic E-state index is -4.04. The summed E-state index contributed by atoms with van der Waals surface area (Å²) in [5.74, 6) is 1.15. The van der Waals surface area contributed by atoms with E-state index in [1.807, 2.05) is 19.9 Å². The standard InChI is InChI=1S/C27H32N2O6S/c1-6-24(20-12-15-25(34-4)26(16-20)35-5)28-27(30)18-29(21-8-7-9-22(17-21)33-3)36(31,32)23-13-10-19(2)11-14-23/h7-17,24H,6,18H2,1-5H3,(H,28,30). The van der Waals surface area contributed by atoms with E-state index in [9.17, 15) is 13.2 Å². The number of benzene rings is 3. The monoisotopic (exact) mass is 512 g/mol. The molecule has 0 saturated heterocycles. The number of anilines is 1. The molecule has 9 heteroatoms. The fraction of sp³-hybridized carbons (Fsp3) is 0.296. The van der Waals surface area contributed by atoms with Crippen molar-refractivity contribution in [1.82, 2.24) is 5.32 Å². The number of hydrogen-bond donors (Lipinski definition) is 1. The molecule has 36 heavy (non-hydrogen) atoms. The van der Waals surface area contributed by atoms with Gasteiger partial charge in [-0.25, -0.2) is 8.42 Å². The maximum Gasteiger partial charge on any atom is 0.264 e. The summed E-state index contributed by atoms with van der Waals surface area (Å²) < 4.78 is 44.3. The fourth-order valence-corrected chi connectivity index (χ4v) is 5.19. The second-order valence-corrected chi connectivity index (χ2v) is 10.0. The van der Waals surface area contributed by atoms with Gasteiger partial charge < -0.3 is 19.5 Å². The molecule has 3 aromatic carbocycles. The van der Waals surface area contributed by atoms with Gasteiger partial charge in [-0.2, -0.15) is 0 Å². The second kappa shape index (κ2) is 11.8. The molecule has 8 nitrogen and oxygen atoms in total. The Kier molecular flexibility index (Phi) is 8.82. The van der Waals surface area contributed by atoms with Gasteiger partial charge in [-0.05, 0) is 55.3 Å². The van der Waals surface area contributed by atoms with E-state index >= 15 is 0 Å². The lowest BCUT2D eigenvalue weighted by Crippen LogP contribution is -2.42. The van der Waals surface area contributed by atoms with E-state index in [0.717, 1.165) is 15.4 Å². The third kappa shape index (κ3) is 6.09. The number of carbonyl (C=O) groups excluding carboxylic acids is 1. The molecule has 0 aliphatic rings. The van der Waals surface area contributed by atoms with E-state index in [4.69, 9.17) is 14.2 Å². The van der Waals surface area contributed by atoms with Crippen molar-refractivity contribution >= 4 is 21.6 Å². The lowest BCUT2D eigenvalue weighted by Gasteiger charge is -2.26. The molecule has 3 aromatic rings. The van der Waals surface area contributed by atoms with Crippen molar-refractivity contribution in [2.75, 3.05) is 32.2 Å². The lowest BCUT2D eigenvalue weighted by atomic mass is 10.0. The number of rotatable bonds is 11. The Labute approximate surface area is 212 Å². The summed E-state index contributed by atoms with van der Waals surface area (Å²) in [4.78, 5) is 13.3. The third-order valence-corrected chi connectivity index (χ3v) is 7.58. The summed E-state index contributed by atoms with van der Waals surface area (Å²) in [5.41, 5.74) is 2.07. The van der Waals surface area contributed by atoms with Crippen molar-refractivity contribution in [1.29, 1.82) is 0 Å². The number of carbonyl (C=O) groups is 1. The fourth-order valence-electron chi connectivity index (χ4n) is 3.78. The topological polar surface area (TPSA) is 94.2 Å². The molecular formula is C27H32N2O6S. The van der Waals surface area contributed by atoms with E-state index in [0.29, 0.717) is 29.4 Å². The van der Waals surface area contributed by atoms with Crippen molar-refractivity contribution in [3.63, 3.8) is 0 Å². The van der Waals surface area contributed by atoms with Crippen LogP contribution in [0.2, 0.25) is 0 Å². The largest absolute Gasteiger partial charge is 0.497 e. The molecule has 0 heterocycles. The third-order valence-electron chi connectivity index (χ3n) is 5.79. The highest BCUT2D eigenvalue weighted by Gasteiger charge is 2.28. The number of ether oxygens (including phenoxy) is 3. The van der Waals surface area contributed by atoms with Crippen LogP contribution in [-0.4, -0.2) is 42.2 Å². The number of nitrogens with one attached hydrogen (secondary N) is 1. The van der Waals surface area contributed by atoms with E-state index in [1.165, 1.54) is 19.2 Å². The molecule has 1 amide bonds. The summed E-state index contributed by atoms with van der Waals surface area (Å²) in [7, 11) is 0.561. The summed E-state index contributed by atoms with van der Waals surface area (Å²) in [5, 5.41) is 2.96. The Bertz CT molecular complexity index is 1290. The van der Waals surface area contributed by atoms with Crippen molar-refractivity contribution in [2.45, 2.75) is 31.2 Å². The molecule has 0 aromatic heterocycles. The van der Waals surface area contributed by atoms with Crippen molar-refractivity contribution in [2.24, 2.45) is 0 Å². The number of methoxy groups -OCH3 is 3. The number of nitrogens with zero attached hydrogens (tertiary/aromatic N) is 1. The Hall–Kier alpha value is -3.72. The van der Waals surface area contributed by atoms with E-state index < -0.39 is 22.5 Å². The average molecular weight is 513 g/mol. The smallest absolute Gasteiger partial charge is 0.264 e. The van der Waals surface area contributed by atoms with Crippen LogP contribution in [0.3, 0.4) is 0 Å². The van der Waals surface area contributed by atoms with Crippen molar-refractivity contribution < 1.29 is 27.4 Å². The summed E-state index contributed by atoms with van der Waals surface area (Å²) in [6.07, 6.45) is 0.588. The highest BCUT2D eigenvalue weighted by molar-refractivity contribution is 7.92. The first-order chi connectivity index (χ1) is 17.2. The van der Waals surface area contributed by atoms with Crippen LogP contribution in [0.5, 0.6) is 17.2 Å². The van der Waals surface area contributed by atoms with Crippen LogP contribution in [0.1, 0.15) is 30.5 Å². The second-order valence-electron chi connectivity index (χ2n) is 8.17. The molecule has 1 unspecified atom stereocenters. The Balaban J connectivity index is 1.93. The predicted octanol–water partition coefficient (Wildman–Crippen LogP) is 4.48. The molecule has 192 valence electrons. The van der Waals surface area contributed by atoms with Crippen LogP contribution in [0, 0.1) is 6.92 Å². The van der Waals surface area contributed by atoms with Crippen molar-refractivity contribution in [3.05, 3.63) is 77.9 Å². The molecule has 3 rings (SSSR count). The van der Waals surface area contributed by atoms with E-state index in [1.54, 1.807) is 62.8 Å². The van der Waals surface area contributed by atoms with Gasteiger partial charge in [-0.15, -0.1) is 0 Å². The van der Waals surface area contributed by atoms with Gasteiger partial charge in [0.1, 0.15) is 12.3 Å². The number of amides is 1. The first-order valence-corrected chi connectivity index (χ1v) is 12.9. The Morgan fingerprint density at radius 2 is 1.61 bits per heavy atom. The Morgan fingerprint density at radius 1 is 0.917 bits per heavy atom. The first-order valence-electron chi connectivity index (χ1n) is 11.5. The van der Waals surface area contributed by atoms with Crippen LogP contribution in [0.15, 0.2) is 71.6 Å². The van der Waals surface area contributed by atoms with Crippen LogP contribution >= 0.6 is 0 Å². The molecule has 1 atom stereocenters. The molecule has 0 bridgehead atoms. The molecule has 0 aliphatic carbocycles. The highest BCUT2D eigenvalue weighted by atomic mass is 32.2. The number of sulfonamides is 1. The number of aryl methyl sites for hydroxylation is 1. The van der Waals surface area contributed by atoms with Crippen molar-refractivity contribution in [3.8, 4) is 17.2 Å². The zero-order valence-corrected chi connectivity index (χ0v) is 22.0. The van der Waals surface area contributed by atoms with Gasteiger partial charge in [-0.1, -0.05) is 36.8 Å².